The molecule has 0 unspecified atom stereocenters. The Morgan fingerprint density at radius 3 is 3.11 bits per heavy atom. The van der Waals surface area contributed by atoms with Gasteiger partial charge in [0.15, 0.2) is 0 Å². The van der Waals surface area contributed by atoms with Gasteiger partial charge in [-0.2, -0.15) is 5.10 Å². The maximum atomic E-state index is 3.91. The number of hydrogen-bond donors (Lipinski definition) is 0. The first kappa shape index (κ1) is 6.01. The summed E-state index contributed by atoms with van der Waals surface area (Å²) in [6, 6.07) is 0. The summed E-state index contributed by atoms with van der Waals surface area (Å²) in [5, 5.41) is 3.91. The molecule has 0 aliphatic carbocycles. The number of nitrogens with zero attached hydrogens (tertiary/aromatic N) is 3. The van der Waals surface area contributed by atoms with Crippen LogP contribution in [0.25, 0.3) is 0 Å². The lowest BCUT2D eigenvalue weighted by molar-refractivity contribution is 0.699. The highest BCUT2D eigenvalue weighted by atomic mass is 15.3. The van der Waals surface area contributed by atoms with Gasteiger partial charge in [0.1, 0.15) is 12.7 Å². The van der Waals surface area contributed by atoms with Crippen LogP contribution in [0.1, 0.15) is 6.92 Å². The Morgan fingerprint density at radius 2 is 2.56 bits per heavy atom. The first-order valence-corrected chi connectivity index (χ1v) is 2.87. The van der Waals surface area contributed by atoms with E-state index in [2.05, 4.69) is 10.1 Å². The van der Waals surface area contributed by atoms with Crippen molar-refractivity contribution in [2.75, 3.05) is 0 Å². The quantitative estimate of drug-likeness (QED) is 0.546. The van der Waals surface area contributed by atoms with Crippen LogP contribution in [0.3, 0.4) is 0 Å². The fraction of sp³-hybridized carbons (Fsp3) is 0.333. The van der Waals surface area contributed by atoms with E-state index in [0.717, 1.165) is 6.54 Å². The van der Waals surface area contributed by atoms with Gasteiger partial charge < -0.3 is 0 Å². The molecule has 1 aromatic heterocycles. The van der Waals surface area contributed by atoms with Crippen molar-refractivity contribution in [3.05, 3.63) is 24.8 Å². The van der Waals surface area contributed by atoms with Crippen LogP contribution < -0.4 is 0 Å². The Balaban J connectivity index is 2.48. The van der Waals surface area contributed by atoms with Crippen molar-refractivity contribution in [3.63, 3.8) is 0 Å². The summed E-state index contributed by atoms with van der Waals surface area (Å²) in [5.41, 5.74) is 0. The van der Waals surface area contributed by atoms with Crippen LogP contribution in [-0.2, 0) is 6.54 Å². The monoisotopic (exact) mass is 123 g/mol. The van der Waals surface area contributed by atoms with Crippen LogP contribution in [0.15, 0.2) is 24.8 Å². The van der Waals surface area contributed by atoms with Gasteiger partial charge in [-0.15, -0.1) is 0 Å². The van der Waals surface area contributed by atoms with Gasteiger partial charge >= 0.3 is 0 Å². The summed E-state index contributed by atoms with van der Waals surface area (Å²) in [6.45, 7) is 2.80. The SMILES string of the molecule is C/C=C\Cn1cncn1. The van der Waals surface area contributed by atoms with Crippen LogP contribution >= 0.6 is 0 Å². The lowest BCUT2D eigenvalue weighted by Gasteiger charge is -1.89. The molecule has 0 aliphatic heterocycles. The van der Waals surface area contributed by atoms with Crippen molar-refractivity contribution >= 4 is 0 Å². The van der Waals surface area contributed by atoms with E-state index in [1.165, 1.54) is 6.33 Å². The Morgan fingerprint density at radius 1 is 1.67 bits per heavy atom. The minimum atomic E-state index is 0.816. The fourth-order valence-corrected chi connectivity index (χ4v) is 0.540. The van der Waals surface area contributed by atoms with Crippen LogP contribution in [-0.4, -0.2) is 14.8 Å². The van der Waals surface area contributed by atoms with Crippen LogP contribution in [0.4, 0.5) is 0 Å². The molecule has 0 amide bonds. The average Bonchev–Trinajstić information content (AvgIpc) is 2.34. The van der Waals surface area contributed by atoms with E-state index < -0.39 is 0 Å². The van der Waals surface area contributed by atoms with Crippen LogP contribution in [0.2, 0.25) is 0 Å². The second-order valence-electron chi connectivity index (χ2n) is 1.69. The van der Waals surface area contributed by atoms with E-state index in [-0.39, 0.29) is 0 Å². The van der Waals surface area contributed by atoms with Gasteiger partial charge in [-0.25, -0.2) is 9.67 Å². The number of hydrogen-bond acceptors (Lipinski definition) is 2. The molecular weight excluding hydrogens is 114 g/mol. The molecule has 1 rings (SSSR count). The molecule has 0 saturated heterocycles. The number of aromatic nitrogens is 3. The predicted molar refractivity (Wildman–Crippen MR) is 34.8 cm³/mol. The highest BCUT2D eigenvalue weighted by molar-refractivity contribution is 4.76. The molecule has 0 spiro atoms. The van der Waals surface area contributed by atoms with Crippen LogP contribution in [0, 0.1) is 0 Å². The molecule has 0 atom stereocenters. The third-order valence-electron chi connectivity index (χ3n) is 0.995. The molecule has 0 radical (unpaired) electrons. The average molecular weight is 123 g/mol. The fourth-order valence-electron chi connectivity index (χ4n) is 0.540. The Bertz CT molecular complexity index is 176. The maximum absolute atomic E-state index is 3.91. The Labute approximate surface area is 54.0 Å². The van der Waals surface area contributed by atoms with Crippen molar-refractivity contribution in [2.24, 2.45) is 0 Å². The Hall–Kier alpha value is -1.12. The lowest BCUT2D eigenvalue weighted by atomic mass is 10.5. The standard InChI is InChI=1S/C6H9N3/c1-2-3-4-9-6-7-5-8-9/h2-3,5-6H,4H2,1H3/b3-2-. The van der Waals surface area contributed by atoms with Gasteiger partial charge in [0.2, 0.25) is 0 Å². The minimum absolute atomic E-state index is 0.816. The third-order valence-corrected chi connectivity index (χ3v) is 0.995. The zero-order valence-corrected chi connectivity index (χ0v) is 5.36. The smallest absolute Gasteiger partial charge is 0.137 e. The van der Waals surface area contributed by atoms with E-state index in [1.54, 1.807) is 11.0 Å². The minimum Gasteiger partial charge on any atom is -0.249 e. The van der Waals surface area contributed by atoms with E-state index in [9.17, 15) is 0 Å². The van der Waals surface area contributed by atoms with Gasteiger partial charge in [0.05, 0.1) is 6.54 Å². The molecule has 3 heteroatoms. The zero-order chi connectivity index (χ0) is 6.53. The van der Waals surface area contributed by atoms with Crippen LogP contribution in [0.5, 0.6) is 0 Å². The lowest BCUT2D eigenvalue weighted by Crippen LogP contribution is -1.93. The predicted octanol–water partition coefficient (Wildman–Crippen LogP) is 0.854. The molecule has 1 aromatic rings. The second kappa shape index (κ2) is 3.02. The third kappa shape index (κ3) is 1.68. The molecule has 3 nitrogen and oxygen atoms in total. The second-order valence-corrected chi connectivity index (χ2v) is 1.69. The molecular formula is C6H9N3. The van der Waals surface area contributed by atoms with E-state index in [1.807, 2.05) is 19.1 Å². The molecule has 1 heterocycles. The first-order valence-electron chi connectivity index (χ1n) is 2.87. The normalized spacial score (nSPS) is 10.8. The van der Waals surface area contributed by atoms with Gasteiger partial charge in [-0.1, -0.05) is 12.2 Å². The Kier molecular flexibility index (Phi) is 2.01. The molecule has 0 N–H and O–H groups in total. The first-order chi connectivity index (χ1) is 4.43. The van der Waals surface area contributed by atoms with Gasteiger partial charge in [0, 0.05) is 0 Å². The topological polar surface area (TPSA) is 30.7 Å². The number of rotatable bonds is 2. The van der Waals surface area contributed by atoms with E-state index >= 15 is 0 Å². The molecule has 0 aromatic carbocycles. The molecule has 0 saturated carbocycles. The largest absolute Gasteiger partial charge is 0.249 e. The summed E-state index contributed by atoms with van der Waals surface area (Å²) in [4.78, 5) is 3.79. The van der Waals surface area contributed by atoms with Crippen molar-refractivity contribution in [1.29, 1.82) is 0 Å². The van der Waals surface area contributed by atoms with Gasteiger partial charge in [0.25, 0.3) is 0 Å². The highest BCUT2D eigenvalue weighted by Crippen LogP contribution is 1.80. The summed E-state index contributed by atoms with van der Waals surface area (Å²) >= 11 is 0. The highest BCUT2D eigenvalue weighted by Gasteiger charge is 1.81. The number of allylic oxidation sites excluding steroid dienone is 2. The summed E-state index contributed by atoms with van der Waals surface area (Å²) in [7, 11) is 0. The molecule has 0 aliphatic rings. The van der Waals surface area contributed by atoms with E-state index in [4.69, 9.17) is 0 Å². The van der Waals surface area contributed by atoms with Gasteiger partial charge in [-0.05, 0) is 6.92 Å². The van der Waals surface area contributed by atoms with Gasteiger partial charge in [-0.3, -0.25) is 0 Å². The summed E-state index contributed by atoms with van der Waals surface area (Å²) < 4.78 is 1.76. The molecule has 9 heavy (non-hydrogen) atoms. The van der Waals surface area contributed by atoms with Crippen molar-refractivity contribution in [1.82, 2.24) is 14.8 Å². The summed E-state index contributed by atoms with van der Waals surface area (Å²) in [5.74, 6) is 0. The van der Waals surface area contributed by atoms with Crippen molar-refractivity contribution < 1.29 is 0 Å². The molecule has 48 valence electrons. The summed E-state index contributed by atoms with van der Waals surface area (Å²) in [6.07, 6.45) is 7.24. The van der Waals surface area contributed by atoms with Crippen molar-refractivity contribution in [2.45, 2.75) is 13.5 Å². The molecule has 0 bridgehead atoms. The van der Waals surface area contributed by atoms with Crippen molar-refractivity contribution in [3.8, 4) is 0 Å². The van der Waals surface area contributed by atoms with E-state index in [0.29, 0.717) is 0 Å². The zero-order valence-electron chi connectivity index (χ0n) is 5.36. The molecule has 0 fully saturated rings. The maximum Gasteiger partial charge on any atom is 0.137 e.